The van der Waals surface area contributed by atoms with E-state index in [1.54, 1.807) is 12.1 Å². The fourth-order valence-electron chi connectivity index (χ4n) is 8.61. The van der Waals surface area contributed by atoms with Crippen LogP contribution in [-0.4, -0.2) is 22.6 Å². The van der Waals surface area contributed by atoms with Gasteiger partial charge in [0.1, 0.15) is 5.58 Å². The molecule has 3 aromatic heterocycles. The molecule has 0 aliphatic rings. The van der Waals surface area contributed by atoms with E-state index in [1.165, 1.54) is 16.6 Å². The van der Waals surface area contributed by atoms with Crippen LogP contribution in [0.3, 0.4) is 0 Å². The van der Waals surface area contributed by atoms with Gasteiger partial charge in [-0.15, -0.1) is 53.6 Å². The van der Waals surface area contributed by atoms with Gasteiger partial charge in [-0.25, -0.2) is 0 Å². The first kappa shape index (κ1) is 37.1. The van der Waals surface area contributed by atoms with E-state index in [-0.39, 0.29) is 25.7 Å². The van der Waals surface area contributed by atoms with E-state index in [1.807, 2.05) is 32.2 Å². The van der Waals surface area contributed by atoms with Crippen molar-refractivity contribution in [2.24, 2.45) is 0 Å². The fraction of sp³-hybridized carbons (Fsp3) is 0.123. The molecule has 3 heterocycles. The average Bonchev–Trinajstić information content (AvgIpc) is 3.91. The maximum atomic E-state index is 8.48. The van der Waals surface area contributed by atoms with Crippen molar-refractivity contribution in [2.75, 3.05) is 0 Å². The zero-order chi connectivity index (χ0) is 46.0. The second-order valence-electron chi connectivity index (χ2n) is 17.0. The van der Waals surface area contributed by atoms with E-state index >= 15 is 0 Å². The van der Waals surface area contributed by atoms with Gasteiger partial charge in [-0.3, -0.25) is 4.98 Å². The van der Waals surface area contributed by atoms with Crippen molar-refractivity contribution in [2.45, 2.75) is 46.2 Å². The summed E-state index contributed by atoms with van der Waals surface area (Å²) >= 11 is 0. The third-order valence-corrected chi connectivity index (χ3v) is 13.7. The van der Waals surface area contributed by atoms with Gasteiger partial charge in [0.25, 0.3) is 0 Å². The van der Waals surface area contributed by atoms with E-state index < -0.39 is 20.8 Å². The maximum absolute atomic E-state index is 8.48. The third kappa shape index (κ3) is 7.74. The molecule has 0 fully saturated rings. The van der Waals surface area contributed by atoms with Gasteiger partial charge in [-0.05, 0) is 45.2 Å². The van der Waals surface area contributed by atoms with Crippen molar-refractivity contribution < 1.29 is 30.0 Å². The molecule has 0 N–H and O–H groups in total. The van der Waals surface area contributed by atoms with Crippen molar-refractivity contribution in [3.63, 3.8) is 0 Å². The fourth-order valence-corrected chi connectivity index (χ4v) is 10.2. The van der Waals surface area contributed by atoms with Gasteiger partial charge in [-0.1, -0.05) is 178 Å². The number of imidazole rings is 1. The Labute approximate surface area is 389 Å². The molecule has 0 saturated carbocycles. The normalized spacial score (nSPS) is 13.0. The van der Waals surface area contributed by atoms with Crippen LogP contribution in [-0.2, 0) is 20.1 Å². The molecular weight excluding hydrogens is 963 g/mol. The molecule has 11 rings (SSSR count). The molecule has 0 atom stereocenters. The standard InChI is InChI=1S/C39H23N2O.C18H24NSi.Ir/c1-2-11-25(12-3-1)28-15-8-9-20-35(28)41-36-29-16-6-4-13-26(29)22-24-34(36)40-39(41)33-19-10-18-31-32-23-21-27-14-5-7-17-30(27)37(32)42-38(31)33;1-13(2)16-11-17(15-9-7-14(3)8-10-15)19-12-18(16)20(4,5)6;/h1-18,20-24H;7-9,11-13H,1-6H3;/q2*-1;/i;3D3,13D;. The molecule has 0 bridgehead atoms. The zero-order valence-electron chi connectivity index (χ0n) is 39.7. The van der Waals surface area contributed by atoms with E-state index in [2.05, 4.69) is 175 Å². The maximum Gasteiger partial charge on any atom is 0.128 e. The van der Waals surface area contributed by atoms with Crippen LogP contribution in [0.1, 0.15) is 36.4 Å². The van der Waals surface area contributed by atoms with Crippen molar-refractivity contribution in [3.05, 3.63) is 193 Å². The van der Waals surface area contributed by atoms with E-state index in [4.69, 9.17) is 14.9 Å². The number of furan rings is 1. The van der Waals surface area contributed by atoms with Gasteiger partial charge in [0.15, 0.2) is 0 Å². The van der Waals surface area contributed by atoms with Gasteiger partial charge in [0, 0.05) is 59.2 Å². The summed E-state index contributed by atoms with van der Waals surface area (Å²) in [6.07, 6.45) is 1.89. The first-order valence-electron chi connectivity index (χ1n) is 23.0. The van der Waals surface area contributed by atoms with Crippen molar-refractivity contribution in [1.82, 2.24) is 14.5 Å². The number of hydrogen-bond donors (Lipinski definition) is 0. The molecule has 1 radical (unpaired) electrons. The molecule has 4 nitrogen and oxygen atoms in total. The SMILES string of the molecule is [2H]C([2H])([2H])c1c[c-]c(-c2cc(C([2H])(C)C)c([Si](C)(C)C)cn2)cc1.[Ir].[c-]1ccc2c(oc3c4ccccc4ccc23)c1-c1nc2ccc3ccccc3c2n1-c1ccccc1-c1ccccc1. The molecule has 0 spiro atoms. The number of nitrogens with zero attached hydrogens (tertiary/aromatic N) is 3. The van der Waals surface area contributed by atoms with Gasteiger partial charge in [0.05, 0.1) is 30.5 Å². The predicted molar refractivity (Wildman–Crippen MR) is 263 cm³/mol. The molecule has 11 aromatic rings. The molecule has 0 unspecified atom stereocenters. The van der Waals surface area contributed by atoms with Crippen molar-refractivity contribution in [1.29, 1.82) is 0 Å². The minimum absolute atomic E-state index is 0. The number of hydrogen-bond acceptors (Lipinski definition) is 3. The van der Waals surface area contributed by atoms with Crippen molar-refractivity contribution in [3.8, 4) is 39.5 Å². The van der Waals surface area contributed by atoms with E-state index in [0.717, 1.165) is 94.2 Å². The van der Waals surface area contributed by atoms with Crippen LogP contribution < -0.4 is 5.19 Å². The Kier molecular flexibility index (Phi) is 10.0. The molecule has 8 aromatic carbocycles. The molecule has 0 amide bonds. The zero-order valence-corrected chi connectivity index (χ0v) is 39.1. The minimum Gasteiger partial charge on any atom is -0.500 e. The monoisotopic (exact) mass is 1010 g/mol. The van der Waals surface area contributed by atoms with E-state index in [0.29, 0.717) is 0 Å². The van der Waals surface area contributed by atoms with Crippen LogP contribution in [0, 0.1) is 19.0 Å². The number of pyridine rings is 1. The van der Waals surface area contributed by atoms with Crippen LogP contribution in [0.4, 0.5) is 0 Å². The number of aromatic nitrogens is 3. The van der Waals surface area contributed by atoms with Crippen LogP contribution >= 0.6 is 0 Å². The van der Waals surface area contributed by atoms with Crippen LogP contribution in [0.5, 0.6) is 0 Å². The smallest absolute Gasteiger partial charge is 0.128 e. The predicted octanol–water partition coefficient (Wildman–Crippen LogP) is 14.9. The molecule has 0 aliphatic carbocycles. The Morgan fingerprint density at radius 2 is 1.40 bits per heavy atom. The topological polar surface area (TPSA) is 43.9 Å². The molecule has 311 valence electrons. The Hall–Kier alpha value is -6.43. The van der Waals surface area contributed by atoms with Gasteiger partial charge in [-0.2, -0.15) is 0 Å². The van der Waals surface area contributed by atoms with Gasteiger partial charge < -0.3 is 14.0 Å². The molecule has 0 aliphatic heterocycles. The summed E-state index contributed by atoms with van der Waals surface area (Å²) in [7, 11) is -1.61. The Morgan fingerprint density at radius 3 is 2.14 bits per heavy atom. The van der Waals surface area contributed by atoms with Crippen LogP contribution in [0.15, 0.2) is 174 Å². The molecule has 6 heteroatoms. The summed E-state index contributed by atoms with van der Waals surface area (Å²) in [5.74, 6) is 0.0880. The summed E-state index contributed by atoms with van der Waals surface area (Å²) in [5, 5.41) is 7.93. The van der Waals surface area contributed by atoms with Crippen LogP contribution in [0.2, 0.25) is 19.6 Å². The summed E-state index contributed by atoms with van der Waals surface area (Å²) in [6.45, 7) is 8.38. The summed E-state index contributed by atoms with van der Waals surface area (Å²) in [6, 6.07) is 62.0. The molecular formula is C57H47IrN3OSi-2. The minimum atomic E-state index is -2.13. The summed E-state index contributed by atoms with van der Waals surface area (Å²) in [5.41, 5.74) is 10.6. The Morgan fingerprint density at radius 1 is 0.698 bits per heavy atom. The molecule has 63 heavy (non-hydrogen) atoms. The number of para-hydroxylation sites is 1. The van der Waals surface area contributed by atoms with Gasteiger partial charge >= 0.3 is 0 Å². The van der Waals surface area contributed by atoms with Crippen molar-refractivity contribution >= 4 is 67.8 Å². The van der Waals surface area contributed by atoms with E-state index in [9.17, 15) is 0 Å². The second kappa shape index (κ2) is 17.0. The summed E-state index contributed by atoms with van der Waals surface area (Å²) in [4.78, 5) is 9.86. The van der Waals surface area contributed by atoms with Crippen LogP contribution in [0.25, 0.3) is 94.0 Å². The molecule has 0 saturated heterocycles. The number of fused-ring (bicyclic) bond motifs is 8. The Balaban J connectivity index is 0.000000194. The second-order valence-corrected chi connectivity index (χ2v) is 22.1. The largest absolute Gasteiger partial charge is 0.500 e. The van der Waals surface area contributed by atoms with Gasteiger partial charge in [0.2, 0.25) is 0 Å². The quantitative estimate of drug-likeness (QED) is 0.123. The third-order valence-electron chi connectivity index (χ3n) is 11.7. The number of benzene rings is 8. The number of rotatable bonds is 6. The average molecular weight is 1010 g/mol. The first-order chi connectivity index (χ1) is 31.6. The Bertz CT molecular complexity index is 3610. The number of aryl methyl sites for hydroxylation is 1. The summed E-state index contributed by atoms with van der Waals surface area (Å²) < 4.78 is 39.9. The first-order valence-corrected chi connectivity index (χ1v) is 24.5.